The normalized spacial score (nSPS) is 15.8. The van der Waals surface area contributed by atoms with Gasteiger partial charge in [-0.05, 0) is 89.1 Å². The molecule has 1 fully saturated rings. The van der Waals surface area contributed by atoms with Crippen molar-refractivity contribution in [3.63, 3.8) is 0 Å². The van der Waals surface area contributed by atoms with Gasteiger partial charge in [-0.15, -0.1) is 23.7 Å². The topological polar surface area (TPSA) is 286 Å². The average Bonchev–Trinajstić information content (AvgIpc) is 3.86. The lowest BCUT2D eigenvalue weighted by molar-refractivity contribution is -0.213. The third-order valence-corrected chi connectivity index (χ3v) is 13.9. The zero-order chi connectivity index (χ0) is 55.1. The van der Waals surface area contributed by atoms with Crippen molar-refractivity contribution in [2.24, 2.45) is 23.0 Å². The van der Waals surface area contributed by atoms with Crippen LogP contribution in [-0.4, -0.2) is 131 Å². The van der Waals surface area contributed by atoms with Gasteiger partial charge in [0.25, 0.3) is 11.8 Å². The number of terminal acetylenes is 1. The predicted molar refractivity (Wildman–Crippen MR) is 279 cm³/mol. The SMILES string of the molecule is C#CCCCON(C(=O)[C@@H](NC(=O)[C@H]1CCCCN1C)[C@@H](C)CC)[C@H](C[C@@H](OC(C)=O)c1nc(C(=O)N[C@@H](Cc2ccc(NC(=O)CCC(=O)CNC(=O)CCC(=O)CN)cc2)CC(C)(C)C(=O)O)cs1)C(C)C. The van der Waals surface area contributed by atoms with Crippen molar-refractivity contribution >= 4 is 70.1 Å². The highest BCUT2D eigenvalue weighted by Gasteiger charge is 2.40. The molecule has 2 heterocycles. The second kappa shape index (κ2) is 31.0. The van der Waals surface area contributed by atoms with E-state index in [4.69, 9.17) is 21.7 Å². The van der Waals surface area contributed by atoms with E-state index in [0.717, 1.165) is 30.7 Å². The number of aromatic nitrogens is 1. The minimum atomic E-state index is -1.26. The number of carbonyl (C=O) groups excluding carboxylic acids is 8. The van der Waals surface area contributed by atoms with Crippen molar-refractivity contribution < 1.29 is 57.8 Å². The first-order valence-electron chi connectivity index (χ1n) is 25.5. The number of benzene rings is 1. The first kappa shape index (κ1) is 62.2. The zero-order valence-corrected chi connectivity index (χ0v) is 45.1. The molecule has 2 aromatic rings. The fourth-order valence-corrected chi connectivity index (χ4v) is 9.12. The van der Waals surface area contributed by atoms with Crippen LogP contribution in [0.25, 0.3) is 0 Å². The van der Waals surface area contributed by atoms with Gasteiger partial charge in [-0.2, -0.15) is 0 Å². The van der Waals surface area contributed by atoms with Gasteiger partial charge in [-0.3, -0.25) is 52.9 Å². The monoisotopic (exact) mass is 1050 g/mol. The van der Waals surface area contributed by atoms with Gasteiger partial charge in [0.05, 0.1) is 37.2 Å². The summed E-state index contributed by atoms with van der Waals surface area (Å²) in [7, 11) is 1.90. The number of aliphatic carboxylic acids is 1. The number of ether oxygens (including phenoxy) is 1. The third-order valence-electron chi connectivity index (χ3n) is 13.0. The Balaban J connectivity index is 1.81. The second-order valence-corrected chi connectivity index (χ2v) is 20.8. The van der Waals surface area contributed by atoms with Crippen molar-refractivity contribution in [3.8, 4) is 12.3 Å². The van der Waals surface area contributed by atoms with Crippen molar-refractivity contribution in [3.05, 3.63) is 45.9 Å². The Bertz CT molecular complexity index is 2280. The number of esters is 1. The van der Waals surface area contributed by atoms with Gasteiger partial charge in [0.1, 0.15) is 22.5 Å². The Morgan fingerprint density at radius 2 is 1.66 bits per heavy atom. The van der Waals surface area contributed by atoms with E-state index in [1.54, 1.807) is 38.1 Å². The highest BCUT2D eigenvalue weighted by Crippen LogP contribution is 2.33. The number of Topliss-reactive ketones (excluding diaryl/α,β-unsaturated/α-hetero) is 2. The summed E-state index contributed by atoms with van der Waals surface area (Å²) in [6.45, 7) is 12.4. The van der Waals surface area contributed by atoms with Crippen molar-refractivity contribution in [2.75, 3.05) is 38.6 Å². The number of thiazole rings is 1. The molecule has 0 aliphatic carbocycles. The molecule has 7 N–H and O–H groups in total. The van der Waals surface area contributed by atoms with E-state index in [1.165, 1.54) is 17.4 Å². The fourth-order valence-electron chi connectivity index (χ4n) is 8.28. The summed E-state index contributed by atoms with van der Waals surface area (Å²) < 4.78 is 5.86. The maximum atomic E-state index is 14.8. The summed E-state index contributed by atoms with van der Waals surface area (Å²) in [5, 5.41) is 24.3. The van der Waals surface area contributed by atoms with Crippen molar-refractivity contribution in [2.45, 2.75) is 162 Å². The zero-order valence-electron chi connectivity index (χ0n) is 44.3. The van der Waals surface area contributed by atoms with E-state index in [0.29, 0.717) is 36.9 Å². The van der Waals surface area contributed by atoms with E-state index < -0.39 is 65.2 Å². The van der Waals surface area contributed by atoms with Crippen LogP contribution in [0.4, 0.5) is 5.69 Å². The Morgan fingerprint density at radius 3 is 2.27 bits per heavy atom. The molecule has 408 valence electrons. The molecular weight excluding hydrogens is 973 g/mol. The predicted octanol–water partition coefficient (Wildman–Crippen LogP) is 4.90. The number of amides is 5. The number of unbranched alkanes of at least 4 members (excludes halogenated alkanes) is 1. The molecule has 0 spiro atoms. The van der Waals surface area contributed by atoms with Crippen LogP contribution < -0.4 is 27.0 Å². The van der Waals surface area contributed by atoms with Crippen LogP contribution in [0.2, 0.25) is 0 Å². The molecule has 1 aromatic carbocycles. The number of carbonyl (C=O) groups is 9. The fraction of sp³-hybridized carbons (Fsp3) is 0.623. The van der Waals surface area contributed by atoms with Gasteiger partial charge in [-0.1, -0.05) is 52.7 Å². The van der Waals surface area contributed by atoms with Crippen molar-refractivity contribution in [1.29, 1.82) is 0 Å². The first-order chi connectivity index (χ1) is 35.0. The molecule has 74 heavy (non-hydrogen) atoms. The van der Waals surface area contributed by atoms with Gasteiger partial charge in [0, 0.05) is 62.6 Å². The molecule has 0 bridgehead atoms. The minimum Gasteiger partial charge on any atom is -0.481 e. The molecule has 0 unspecified atom stereocenters. The largest absolute Gasteiger partial charge is 0.481 e. The molecule has 3 rings (SSSR count). The molecule has 20 nitrogen and oxygen atoms in total. The number of likely N-dealkylation sites (N-methyl/N-ethyl adjacent to an activating group) is 1. The summed E-state index contributed by atoms with van der Waals surface area (Å²) >= 11 is 1.08. The van der Waals surface area contributed by atoms with Crippen LogP contribution in [-0.2, 0) is 54.4 Å². The number of nitrogens with zero attached hydrogens (tertiary/aromatic N) is 3. The van der Waals surface area contributed by atoms with Crippen LogP contribution >= 0.6 is 11.3 Å². The highest BCUT2D eigenvalue weighted by atomic mass is 32.1. The van der Waals surface area contributed by atoms with Gasteiger partial charge in [0.2, 0.25) is 17.7 Å². The smallest absolute Gasteiger partial charge is 0.309 e. The number of carboxylic acids is 1. The van der Waals surface area contributed by atoms with Crippen molar-refractivity contribution in [1.82, 2.24) is 30.9 Å². The van der Waals surface area contributed by atoms with E-state index in [1.807, 2.05) is 39.6 Å². The molecule has 1 aliphatic rings. The summed E-state index contributed by atoms with van der Waals surface area (Å²) in [5.41, 5.74) is 5.11. The Kier molecular flexibility index (Phi) is 26.0. The van der Waals surface area contributed by atoms with Gasteiger partial charge in [0.15, 0.2) is 11.9 Å². The lowest BCUT2D eigenvalue weighted by Gasteiger charge is -2.39. The van der Waals surface area contributed by atoms with Gasteiger partial charge in [-0.25, -0.2) is 10.0 Å². The number of hydroxylamine groups is 2. The molecule has 1 saturated heterocycles. The molecule has 1 aromatic heterocycles. The number of carboxylic acid groups (broad SMARTS) is 1. The summed E-state index contributed by atoms with van der Waals surface area (Å²) in [6, 6.07) is 3.96. The highest BCUT2D eigenvalue weighted by molar-refractivity contribution is 7.09. The molecule has 0 radical (unpaired) electrons. The Morgan fingerprint density at radius 1 is 0.986 bits per heavy atom. The summed E-state index contributed by atoms with van der Waals surface area (Å²) in [4.78, 5) is 129. The molecule has 6 atom stereocenters. The van der Waals surface area contributed by atoms with Crippen LogP contribution in [0, 0.1) is 29.6 Å². The van der Waals surface area contributed by atoms with E-state index in [-0.39, 0.29) is 111 Å². The van der Waals surface area contributed by atoms with E-state index >= 15 is 0 Å². The number of hydrogen-bond donors (Lipinski definition) is 6. The quantitative estimate of drug-likeness (QED) is 0.0246. The number of piperidine rings is 1. The summed E-state index contributed by atoms with van der Waals surface area (Å²) in [6.07, 6.45) is 8.33. The number of hydrogen-bond acceptors (Lipinski definition) is 15. The van der Waals surface area contributed by atoms with Crippen LogP contribution in [0.5, 0.6) is 0 Å². The number of nitrogens with one attached hydrogen (secondary N) is 4. The van der Waals surface area contributed by atoms with Crippen LogP contribution in [0.3, 0.4) is 0 Å². The number of ketones is 2. The van der Waals surface area contributed by atoms with Gasteiger partial charge >= 0.3 is 11.9 Å². The Hall–Kier alpha value is -6.08. The third kappa shape index (κ3) is 20.7. The lowest BCUT2D eigenvalue weighted by Crippen LogP contribution is -2.58. The summed E-state index contributed by atoms with van der Waals surface area (Å²) in [5.74, 6) is -2.51. The molecule has 21 heteroatoms. The molecular formula is C53H78N8O12S. The number of likely N-dealkylation sites (tertiary alicyclic amines) is 1. The van der Waals surface area contributed by atoms with E-state index in [9.17, 15) is 48.3 Å². The standard InChI is InChI=1S/C53H78N8O12S/c1-10-12-15-26-72-61(51(69)47(34(5)11-2)59-49(68)42-16-13-14-25-60(42)9)43(33(3)4)28-44(73-35(6)62)50-58-41(32-74-50)48(67)57-38(29-53(7,8)52(70)71)27-36-17-19-37(20-18-36)56-46(66)24-22-40(64)31-55-45(65)23-21-39(63)30-54/h1,17-20,32-34,38,42-44,47H,11-16,21-31,54H2,2-9H3,(H,55,65)(H,56,66)(H,57,67)(H,59,68)(H,70,71)/t34-,38-,42+,43+,44+,47-/m0/s1. The van der Waals surface area contributed by atoms with Gasteiger partial charge < -0.3 is 36.8 Å². The van der Waals surface area contributed by atoms with Crippen LogP contribution in [0.15, 0.2) is 29.6 Å². The van der Waals surface area contributed by atoms with E-state index in [2.05, 4.69) is 32.2 Å². The van der Waals surface area contributed by atoms with Crippen LogP contribution in [0.1, 0.15) is 153 Å². The molecule has 1 aliphatic heterocycles. The minimum absolute atomic E-state index is 0.00926. The first-order valence-corrected chi connectivity index (χ1v) is 26.3. The molecule has 0 saturated carbocycles. The molecule has 5 amide bonds. The number of rotatable bonds is 32. The number of nitrogens with two attached hydrogens (primary N) is 1. The Labute approximate surface area is 439 Å². The maximum absolute atomic E-state index is 14.8. The number of anilines is 1. The average molecular weight is 1050 g/mol. The maximum Gasteiger partial charge on any atom is 0.309 e. The lowest BCUT2D eigenvalue weighted by atomic mass is 9.84. The second-order valence-electron chi connectivity index (χ2n) is 20.0.